The van der Waals surface area contributed by atoms with Crippen LogP contribution < -0.4 is 0 Å². The molecule has 7 aliphatic heterocycles. The van der Waals surface area contributed by atoms with Crippen molar-refractivity contribution in [2.24, 2.45) is 0 Å². The topological polar surface area (TPSA) is 0 Å². The third-order valence-electron chi connectivity index (χ3n) is 7.69. The Labute approximate surface area is 329 Å². The molecule has 0 N–H and O–H groups in total. The second-order valence-electron chi connectivity index (χ2n) is 11.6. The Morgan fingerprint density at radius 3 is 0.740 bits per heavy atom. The Morgan fingerprint density at radius 2 is 0.560 bits per heavy atom. The van der Waals surface area contributed by atoms with E-state index in [4.69, 9.17) is 19.9 Å². The van der Waals surface area contributed by atoms with Crippen molar-refractivity contribution in [1.29, 1.82) is 0 Å². The van der Waals surface area contributed by atoms with Crippen molar-refractivity contribution < 1.29 is 0 Å². The van der Waals surface area contributed by atoms with E-state index >= 15 is 0 Å². The first-order valence-electron chi connectivity index (χ1n) is 16.2. The number of hydrogen-bond donors (Lipinski definition) is 0. The van der Waals surface area contributed by atoms with Crippen LogP contribution in [-0.2, 0) is 23.0 Å². The van der Waals surface area contributed by atoms with E-state index in [9.17, 15) is 0 Å². The molecule has 0 aliphatic carbocycles. The minimum atomic E-state index is -1.48. The molecule has 0 saturated carbocycles. The van der Waals surface area contributed by atoms with Gasteiger partial charge in [-0.05, 0) is 13.8 Å². The van der Waals surface area contributed by atoms with Gasteiger partial charge in [-0.3, -0.25) is 0 Å². The van der Waals surface area contributed by atoms with E-state index in [1.807, 2.05) is 76.5 Å². The molecule has 0 unspecified atom stereocenters. The predicted molar refractivity (Wildman–Crippen MR) is 235 cm³/mol. The summed E-state index contributed by atoms with van der Waals surface area (Å²) in [6.07, 6.45) is 0. The fraction of sp³-hybridized carbons (Fsp3) is 0.143. The van der Waals surface area contributed by atoms with E-state index in [0.717, 1.165) is 23.0 Å². The van der Waals surface area contributed by atoms with Gasteiger partial charge in [0.1, 0.15) is 0 Å². The Balaban J connectivity index is 0.000000286. The first-order chi connectivity index (χ1) is 24.4. The van der Waals surface area contributed by atoms with Gasteiger partial charge in [0, 0.05) is 0 Å². The molecule has 8 bridgehead atoms. The van der Waals surface area contributed by atoms with Crippen LogP contribution in [0.25, 0.3) is 22.3 Å². The van der Waals surface area contributed by atoms with Crippen molar-refractivity contribution in [2.45, 2.75) is 36.9 Å². The van der Waals surface area contributed by atoms with Crippen LogP contribution in [0.1, 0.15) is 33.4 Å². The summed E-state index contributed by atoms with van der Waals surface area (Å²) in [5.41, 5.74) is 13.0. The van der Waals surface area contributed by atoms with Gasteiger partial charge in [-0.15, -0.1) is 0 Å². The molecule has 0 aromatic heterocycles. The van der Waals surface area contributed by atoms with Crippen LogP contribution >= 0.6 is 60.0 Å². The molecule has 8 heteroatoms. The summed E-state index contributed by atoms with van der Waals surface area (Å²) >= 11 is -2.97. The average molecular weight is 894 g/mol. The molecule has 7 aliphatic rings. The predicted octanol–water partition coefficient (Wildman–Crippen LogP) is 14.1. The molecule has 0 spiro atoms. The van der Waals surface area contributed by atoms with Crippen molar-refractivity contribution >= 4 is 82.8 Å². The number of aryl methyl sites for hydroxylation is 2. The maximum absolute atomic E-state index is 6.78. The number of rotatable bonds is 0. The van der Waals surface area contributed by atoms with Gasteiger partial charge in [-0.1, -0.05) is 71.8 Å². The Bertz CT molecular complexity index is 1590. The van der Waals surface area contributed by atoms with Crippen molar-refractivity contribution in [3.05, 3.63) is 191 Å². The summed E-state index contributed by atoms with van der Waals surface area (Å²) < 4.78 is 0. The third-order valence-corrected chi connectivity index (χ3v) is 31.4. The van der Waals surface area contributed by atoms with Crippen LogP contribution in [0.5, 0.6) is 0 Å². The first-order valence-corrected chi connectivity index (χ1v) is 34.1. The molecule has 50 heavy (non-hydrogen) atoms. The number of halogens is 2. The summed E-state index contributed by atoms with van der Waals surface area (Å²) in [6.45, 7) is 4.17. The molecule has 6 aromatic carbocycles. The van der Waals surface area contributed by atoms with E-state index in [2.05, 4.69) is 135 Å². The van der Waals surface area contributed by atoms with E-state index in [-0.39, 0.29) is 0 Å². The zero-order valence-corrected chi connectivity index (χ0v) is 36.7. The summed E-state index contributed by atoms with van der Waals surface area (Å²) in [4.78, 5) is 0. The summed E-state index contributed by atoms with van der Waals surface area (Å²) in [6, 6.07) is 56.3. The summed E-state index contributed by atoms with van der Waals surface area (Å²) in [5.74, 6) is 3.90. The fourth-order valence-corrected chi connectivity index (χ4v) is 22.6. The van der Waals surface area contributed by atoms with Crippen molar-refractivity contribution in [3.8, 4) is 22.3 Å². The van der Waals surface area contributed by atoms with Crippen LogP contribution in [0.3, 0.4) is 0 Å². The molecule has 0 saturated heterocycles. The van der Waals surface area contributed by atoms with Gasteiger partial charge >= 0.3 is 247 Å². The molecule has 0 radical (unpaired) electrons. The van der Waals surface area contributed by atoms with Crippen LogP contribution in [0.2, 0.25) is 0 Å². The van der Waals surface area contributed by atoms with Crippen molar-refractivity contribution in [2.75, 3.05) is 0 Å². The van der Waals surface area contributed by atoms with E-state index < -0.39 is 22.8 Å². The Hall–Kier alpha value is -1.58. The zero-order chi connectivity index (χ0) is 35.0. The van der Waals surface area contributed by atoms with Gasteiger partial charge < -0.3 is 0 Å². The maximum atomic E-state index is 6.78. The van der Waals surface area contributed by atoms with Gasteiger partial charge in [-0.25, -0.2) is 0 Å². The molecular weight excluding hydrogens is 853 g/mol. The van der Waals surface area contributed by atoms with Crippen LogP contribution in [0.4, 0.5) is 0 Å². The van der Waals surface area contributed by atoms with Gasteiger partial charge in [-0.2, -0.15) is 0 Å². The molecule has 0 fully saturated rings. The van der Waals surface area contributed by atoms with Gasteiger partial charge in [0.15, 0.2) is 0 Å². The van der Waals surface area contributed by atoms with Crippen LogP contribution in [0.15, 0.2) is 158 Å². The van der Waals surface area contributed by atoms with Gasteiger partial charge in [0.2, 0.25) is 0 Å². The molecule has 256 valence electrons. The van der Waals surface area contributed by atoms with Gasteiger partial charge in [0.05, 0.1) is 0 Å². The number of benzene rings is 6. The number of hydrogen-bond acceptors (Lipinski definition) is 4. The third kappa shape index (κ3) is 14.1. The normalized spacial score (nSPS) is 16.2. The fourth-order valence-electron chi connectivity index (χ4n) is 4.82. The monoisotopic (exact) mass is 892 g/mol. The summed E-state index contributed by atoms with van der Waals surface area (Å²) in [7, 11) is 21.3. The quantitative estimate of drug-likeness (QED) is 0.139. The molecule has 0 nitrogen and oxygen atoms in total. The Kier molecular flexibility index (Phi) is 17.3. The second kappa shape index (κ2) is 21.8. The molecule has 0 atom stereocenters. The standard InChI is InChI=1S/C28H24As2Cl2S4.2C7H8/c31-29-33-17-21-1-9-25(10-2-21)26-11-3-22(4-12-26)19-35-30(32)36-20-24-7-15-28(16-8-24)27-13-5-23(6-14-27)18-34-29;2*1-7-5-3-2-4-6-7/h1-16H,17-20H2;2*2-6H,1H3. The average Bonchev–Trinajstić information content (AvgIpc) is 3.16. The zero-order valence-electron chi connectivity index (χ0n) is 28.1. The molecule has 0 amide bonds. The first kappa shape index (κ1) is 39.6. The second-order valence-corrected chi connectivity index (χ2v) is 39.8. The van der Waals surface area contributed by atoms with Crippen LogP contribution in [0, 0.1) is 13.8 Å². The molecular formula is C42H40As2Cl2S4. The van der Waals surface area contributed by atoms with Crippen LogP contribution in [-0.4, -0.2) is 22.8 Å². The van der Waals surface area contributed by atoms with E-state index in [1.54, 1.807) is 0 Å². The molecule has 7 heterocycles. The van der Waals surface area contributed by atoms with E-state index in [1.165, 1.54) is 55.6 Å². The van der Waals surface area contributed by atoms with E-state index in [0.29, 0.717) is 0 Å². The Morgan fingerprint density at radius 1 is 0.340 bits per heavy atom. The van der Waals surface area contributed by atoms with Crippen molar-refractivity contribution in [1.82, 2.24) is 0 Å². The molecule has 6 aromatic rings. The van der Waals surface area contributed by atoms with Gasteiger partial charge in [0.25, 0.3) is 0 Å². The van der Waals surface area contributed by atoms with Crippen molar-refractivity contribution in [3.63, 3.8) is 0 Å². The summed E-state index contributed by atoms with van der Waals surface area (Å²) in [5, 5.41) is 0. The minimum absolute atomic E-state index is 0.976. The molecule has 13 rings (SSSR count). The SMILES string of the molecule is Cc1ccccc1.Cc1ccccc1.Cl[As]1SCc2ccc(cc2)-c2ccc(cc2)CS[As](Cl)SCc2ccc(cc2)-c2ccc(cc2)CS1.